The van der Waals surface area contributed by atoms with Gasteiger partial charge in [-0.2, -0.15) is 5.06 Å². The van der Waals surface area contributed by atoms with E-state index in [2.05, 4.69) is 20.8 Å². The van der Waals surface area contributed by atoms with Gasteiger partial charge >= 0.3 is 0 Å². The summed E-state index contributed by atoms with van der Waals surface area (Å²) in [5, 5.41) is 8.62. The number of amides is 1. The number of carbonyl (C=O) groups excluding carboxylic acids is 1. The van der Waals surface area contributed by atoms with Gasteiger partial charge < -0.3 is 10.3 Å². The molecule has 1 unspecified atom stereocenters. The van der Waals surface area contributed by atoms with Crippen molar-refractivity contribution >= 4 is 20.9 Å². The molecule has 3 N–H and O–H groups in total. The third-order valence-electron chi connectivity index (χ3n) is 4.81. The topological polar surface area (TPSA) is 92.3 Å². The highest BCUT2D eigenvalue weighted by Gasteiger charge is 2.32. The molecule has 0 saturated carbocycles. The van der Waals surface area contributed by atoms with Gasteiger partial charge in [-0.25, -0.2) is 0 Å². The van der Waals surface area contributed by atoms with Crippen LogP contribution in [0.3, 0.4) is 0 Å². The number of hydroxylamine groups is 2. The summed E-state index contributed by atoms with van der Waals surface area (Å²) < 4.78 is 5.55. The molecule has 1 heterocycles. The van der Waals surface area contributed by atoms with E-state index in [1.54, 1.807) is 0 Å². The molecule has 1 aliphatic carbocycles. The molecule has 0 bridgehead atoms. The van der Waals surface area contributed by atoms with E-state index < -0.39 is 20.9 Å². The number of fused-ring (bicyclic) bond motifs is 1. The van der Waals surface area contributed by atoms with Crippen LogP contribution >= 0.6 is 0 Å². The van der Waals surface area contributed by atoms with E-state index in [4.69, 9.17) is 20.7 Å². The smallest absolute Gasteiger partial charge is 0.285 e. The average molecular weight is 376 g/mol. The van der Waals surface area contributed by atoms with Gasteiger partial charge in [0.2, 0.25) is 15.0 Å². The second-order valence-corrected chi connectivity index (χ2v) is 10.3. The molecule has 1 aromatic heterocycles. The van der Waals surface area contributed by atoms with Gasteiger partial charge in [-0.15, -0.1) is 0 Å². The summed E-state index contributed by atoms with van der Waals surface area (Å²) in [6.07, 6.45) is 4.33. The van der Waals surface area contributed by atoms with E-state index in [1.165, 1.54) is 6.42 Å². The molecule has 0 fully saturated rings. The Morgan fingerprint density at radius 1 is 1.38 bits per heavy atom. The Kier molecular flexibility index (Phi) is 6.23. The normalized spacial score (nSPS) is 17.6. The number of nitrogens with two attached hydrogens (primary N) is 1. The van der Waals surface area contributed by atoms with Crippen LogP contribution in [-0.4, -0.2) is 31.0 Å². The Bertz CT molecular complexity index is 698. The summed E-state index contributed by atoms with van der Waals surface area (Å²) in [4.78, 5) is 17.8. The van der Waals surface area contributed by atoms with Crippen LogP contribution in [-0.2, 0) is 10.9 Å². The molecule has 0 spiro atoms. The third-order valence-corrected chi connectivity index (χ3v) is 5.36. The van der Waals surface area contributed by atoms with E-state index >= 15 is 0 Å². The molecule has 7 heteroatoms. The summed E-state index contributed by atoms with van der Waals surface area (Å²) in [6, 6.07) is 1.97. The first kappa shape index (κ1) is 20.6. The number of nitrogens with one attached hydrogen (secondary N) is 1. The predicted molar refractivity (Wildman–Crippen MR) is 105 cm³/mol. The first-order chi connectivity index (χ1) is 12.0. The fourth-order valence-corrected chi connectivity index (χ4v) is 4.12. The lowest BCUT2D eigenvalue weighted by Gasteiger charge is -2.32. The lowest BCUT2D eigenvalue weighted by Crippen LogP contribution is -2.44. The number of hydrogen-bond donors (Lipinski definition) is 2. The van der Waals surface area contributed by atoms with Crippen molar-refractivity contribution in [1.29, 1.82) is 5.41 Å². The quantitative estimate of drug-likeness (QED) is 0.276. The Morgan fingerprint density at radius 2 is 2.04 bits per heavy atom. The van der Waals surface area contributed by atoms with Crippen LogP contribution in [0.2, 0.25) is 13.1 Å². The monoisotopic (exact) mass is 375 g/mol. The van der Waals surface area contributed by atoms with Crippen LogP contribution in [0.25, 0.3) is 0 Å². The van der Waals surface area contributed by atoms with Gasteiger partial charge in [0.15, 0.2) is 0 Å². The standard InChI is InChI=1S/C19H31N4O2Si/c1-12-13(17(24)23(18(20)21)25-26(5)6)11-14-15(19(2,3)4)9-7-8-10-16(14)22-12/h11,15H,7-10H2,1-6H3,(H3,20,21). The van der Waals surface area contributed by atoms with Crippen molar-refractivity contribution in [2.45, 2.75) is 72.4 Å². The van der Waals surface area contributed by atoms with Gasteiger partial charge in [-0.05, 0) is 62.2 Å². The van der Waals surface area contributed by atoms with Crippen LogP contribution in [0.5, 0.6) is 0 Å². The van der Waals surface area contributed by atoms with Crippen molar-refractivity contribution in [2.24, 2.45) is 11.1 Å². The molecule has 0 saturated heterocycles. The number of carbonyl (C=O) groups is 1. The van der Waals surface area contributed by atoms with Crippen LogP contribution in [0, 0.1) is 17.7 Å². The minimum Gasteiger partial charge on any atom is -0.368 e. The number of hydrogen-bond acceptors (Lipinski definition) is 4. The molecule has 26 heavy (non-hydrogen) atoms. The van der Waals surface area contributed by atoms with Gasteiger partial charge in [0.05, 0.1) is 11.3 Å². The Morgan fingerprint density at radius 3 is 2.58 bits per heavy atom. The Hall–Kier alpha value is -1.73. The van der Waals surface area contributed by atoms with Crippen LogP contribution in [0.1, 0.15) is 73.3 Å². The molecule has 0 aliphatic heterocycles. The van der Waals surface area contributed by atoms with Crippen molar-refractivity contribution in [3.05, 3.63) is 28.6 Å². The molecule has 6 nitrogen and oxygen atoms in total. The molecule has 2 rings (SSSR count). The number of rotatable bonds is 3. The van der Waals surface area contributed by atoms with E-state index in [-0.39, 0.29) is 5.41 Å². The van der Waals surface area contributed by atoms with Crippen LogP contribution in [0.15, 0.2) is 6.07 Å². The van der Waals surface area contributed by atoms with E-state index in [0.717, 1.165) is 35.6 Å². The fraction of sp³-hybridized carbons (Fsp3) is 0.632. The maximum Gasteiger partial charge on any atom is 0.285 e. The summed E-state index contributed by atoms with van der Waals surface area (Å²) in [5.41, 5.74) is 9.08. The van der Waals surface area contributed by atoms with Gasteiger partial charge in [-0.3, -0.25) is 15.2 Å². The number of guanidine groups is 1. The zero-order valence-corrected chi connectivity index (χ0v) is 17.8. The van der Waals surface area contributed by atoms with E-state index in [1.807, 2.05) is 26.1 Å². The molecule has 1 radical (unpaired) electrons. The minimum absolute atomic E-state index is 0.0934. The molecular weight excluding hydrogens is 344 g/mol. The van der Waals surface area contributed by atoms with Crippen molar-refractivity contribution in [1.82, 2.24) is 10.0 Å². The minimum atomic E-state index is -1.23. The zero-order valence-electron chi connectivity index (χ0n) is 16.8. The van der Waals surface area contributed by atoms with Crippen molar-refractivity contribution in [3.63, 3.8) is 0 Å². The molecule has 1 aliphatic rings. The maximum absolute atomic E-state index is 13.0. The van der Waals surface area contributed by atoms with E-state index in [9.17, 15) is 4.79 Å². The van der Waals surface area contributed by atoms with Gasteiger partial charge in [0, 0.05) is 5.69 Å². The molecule has 0 aromatic carbocycles. The summed E-state index contributed by atoms with van der Waals surface area (Å²) in [6.45, 7) is 12.3. The van der Waals surface area contributed by atoms with Crippen molar-refractivity contribution in [3.8, 4) is 0 Å². The fourth-order valence-electron chi connectivity index (χ4n) is 3.58. The average Bonchev–Trinajstić information content (AvgIpc) is 2.72. The number of nitrogens with zero attached hydrogens (tertiary/aromatic N) is 2. The predicted octanol–water partition coefficient (Wildman–Crippen LogP) is 3.76. The molecular formula is C19H31N4O2Si. The Balaban J connectivity index is 2.52. The molecule has 1 atom stereocenters. The third kappa shape index (κ3) is 4.51. The lowest BCUT2D eigenvalue weighted by molar-refractivity contribution is 0.0140. The number of aromatic nitrogens is 1. The maximum atomic E-state index is 13.0. The highest BCUT2D eigenvalue weighted by Crippen LogP contribution is 2.42. The van der Waals surface area contributed by atoms with Crippen molar-refractivity contribution < 1.29 is 9.32 Å². The van der Waals surface area contributed by atoms with Crippen LogP contribution in [0.4, 0.5) is 0 Å². The van der Waals surface area contributed by atoms with Gasteiger partial charge in [-0.1, -0.05) is 27.2 Å². The molecule has 1 amide bonds. The largest absolute Gasteiger partial charge is 0.368 e. The highest BCUT2D eigenvalue weighted by atomic mass is 28.3. The number of aryl methyl sites for hydroxylation is 2. The van der Waals surface area contributed by atoms with Gasteiger partial charge in [0.25, 0.3) is 5.91 Å². The molecule has 1 aromatic rings. The lowest BCUT2D eigenvalue weighted by atomic mass is 9.74. The van der Waals surface area contributed by atoms with Crippen molar-refractivity contribution in [2.75, 3.05) is 0 Å². The first-order valence-corrected chi connectivity index (χ1v) is 11.6. The van der Waals surface area contributed by atoms with Gasteiger partial charge in [0.1, 0.15) is 0 Å². The molecule has 143 valence electrons. The van der Waals surface area contributed by atoms with Crippen LogP contribution < -0.4 is 5.73 Å². The summed E-state index contributed by atoms with van der Waals surface area (Å²) >= 11 is 0. The first-order valence-electron chi connectivity index (χ1n) is 9.19. The summed E-state index contributed by atoms with van der Waals surface area (Å²) in [5.74, 6) is -0.459. The second kappa shape index (κ2) is 7.88. The number of pyridine rings is 1. The SMILES string of the molecule is Cc1nc2c(cc1C(=O)N(O[Si](C)C)C(=N)N)C(C(C)(C)C)CCCC2. The zero-order chi connectivity index (χ0) is 19.6. The second-order valence-electron chi connectivity index (χ2n) is 8.31. The summed E-state index contributed by atoms with van der Waals surface area (Å²) in [7, 11) is -1.23. The Labute approximate surface area is 158 Å². The van der Waals surface area contributed by atoms with E-state index in [0.29, 0.717) is 17.2 Å². The highest BCUT2D eigenvalue weighted by molar-refractivity contribution is 6.48.